The predicted octanol–water partition coefficient (Wildman–Crippen LogP) is 6.97. The third kappa shape index (κ3) is 6.08. The molecule has 0 amide bonds. The molecule has 0 radical (unpaired) electrons. The van der Waals surface area contributed by atoms with Crippen LogP contribution in [-0.4, -0.2) is 22.9 Å². The monoisotopic (exact) mass is 466 g/mol. The normalized spacial score (nSPS) is 15.1. The number of carbonyl (C=O) groups is 2. The number of benzene rings is 2. The summed E-state index contributed by atoms with van der Waals surface area (Å²) in [5.74, 6) is 1.38. The lowest BCUT2D eigenvalue weighted by Gasteiger charge is -2.29. The van der Waals surface area contributed by atoms with Gasteiger partial charge in [0.1, 0.15) is 11.5 Å². The van der Waals surface area contributed by atoms with Crippen LogP contribution in [0.15, 0.2) is 48.6 Å². The molecule has 5 heteroatoms. The molecule has 4 nitrogen and oxygen atoms in total. The van der Waals surface area contributed by atoms with Gasteiger partial charge >= 0.3 is 11.9 Å². The number of hydrogen-bond donors (Lipinski definition) is 0. The van der Waals surface area contributed by atoms with Crippen molar-refractivity contribution in [1.82, 2.24) is 0 Å². The molecule has 0 fully saturated rings. The lowest BCUT2D eigenvalue weighted by molar-refractivity contribution is -0.131. The van der Waals surface area contributed by atoms with Crippen molar-refractivity contribution in [2.75, 3.05) is 5.75 Å². The fraction of sp³-hybridized carbons (Fsp3) is 0.429. The van der Waals surface area contributed by atoms with E-state index < -0.39 is 11.9 Å². The van der Waals surface area contributed by atoms with Gasteiger partial charge in [-0.25, -0.2) is 9.59 Å². The quantitative estimate of drug-likeness (QED) is 0.164. The minimum Gasteiger partial charge on any atom is -0.422 e. The molecule has 2 aromatic carbocycles. The fourth-order valence-electron chi connectivity index (χ4n) is 4.11. The molecule has 0 aliphatic heterocycles. The second-order valence-corrected chi connectivity index (χ2v) is 10.2. The molecular formula is C28H34O4S. The Morgan fingerprint density at radius 1 is 0.939 bits per heavy atom. The molecule has 0 spiro atoms. The maximum Gasteiger partial charge on any atom is 0.338 e. The molecule has 1 aliphatic carbocycles. The second kappa shape index (κ2) is 11.6. The zero-order valence-corrected chi connectivity index (χ0v) is 20.8. The predicted molar refractivity (Wildman–Crippen MR) is 137 cm³/mol. The van der Waals surface area contributed by atoms with Crippen molar-refractivity contribution >= 4 is 34.5 Å². The Hall–Kier alpha value is -2.53. The van der Waals surface area contributed by atoms with E-state index in [1.165, 1.54) is 25.7 Å². The van der Waals surface area contributed by atoms with Gasteiger partial charge in [-0.2, -0.15) is 11.8 Å². The summed E-state index contributed by atoms with van der Waals surface area (Å²) in [5.41, 5.74) is 2.62. The van der Waals surface area contributed by atoms with Gasteiger partial charge in [0.25, 0.3) is 0 Å². The van der Waals surface area contributed by atoms with Crippen LogP contribution in [-0.2, 0) is 22.4 Å². The largest absolute Gasteiger partial charge is 0.422 e. The second-order valence-electron chi connectivity index (χ2n) is 8.80. The number of thioether (sulfide) groups is 1. The summed E-state index contributed by atoms with van der Waals surface area (Å²) in [6, 6.07) is 7.62. The van der Waals surface area contributed by atoms with Crippen molar-refractivity contribution in [1.29, 1.82) is 0 Å². The Labute approximate surface area is 201 Å². The minimum atomic E-state index is -0.443. The van der Waals surface area contributed by atoms with Gasteiger partial charge in [-0.05, 0) is 45.3 Å². The van der Waals surface area contributed by atoms with Crippen molar-refractivity contribution < 1.29 is 19.1 Å². The lowest BCUT2D eigenvalue weighted by atomic mass is 9.86. The standard InChI is InChI=1S/C28H34O4S/c1-6-7-8-11-16-33-20-14-15-23-24(17-20)26(32-28(30)19(4)5)22-13-10-9-12-21(22)25(23)31-27(29)18(2)3/h9-10,12-13,20H,2,4,6-8,11,14-17H2,1,3,5H3. The molecule has 0 saturated heterocycles. The van der Waals surface area contributed by atoms with Gasteiger partial charge in [-0.3, -0.25) is 0 Å². The molecule has 0 N–H and O–H groups in total. The third-order valence-corrected chi connectivity index (χ3v) is 7.31. The minimum absolute atomic E-state index is 0.349. The summed E-state index contributed by atoms with van der Waals surface area (Å²) in [7, 11) is 0. The number of fused-ring (bicyclic) bond motifs is 2. The van der Waals surface area contributed by atoms with E-state index in [9.17, 15) is 9.59 Å². The summed E-state index contributed by atoms with van der Waals surface area (Å²) in [5, 5.41) is 1.97. The van der Waals surface area contributed by atoms with Crippen molar-refractivity contribution in [3.8, 4) is 11.5 Å². The first-order valence-corrected chi connectivity index (χ1v) is 12.8. The highest BCUT2D eigenvalue weighted by Crippen LogP contribution is 2.46. The maximum atomic E-state index is 12.5. The maximum absolute atomic E-state index is 12.5. The van der Waals surface area contributed by atoms with Crippen molar-refractivity contribution in [2.45, 2.75) is 71.0 Å². The zero-order chi connectivity index (χ0) is 24.0. The molecular weight excluding hydrogens is 432 g/mol. The number of ether oxygens (including phenoxy) is 2. The molecule has 1 unspecified atom stereocenters. The summed E-state index contributed by atoms with van der Waals surface area (Å²) in [6.07, 6.45) is 7.53. The van der Waals surface area contributed by atoms with E-state index in [0.29, 0.717) is 27.9 Å². The molecule has 33 heavy (non-hydrogen) atoms. The average Bonchev–Trinajstić information content (AvgIpc) is 2.80. The topological polar surface area (TPSA) is 52.6 Å². The van der Waals surface area contributed by atoms with Crippen LogP contribution in [0.4, 0.5) is 0 Å². The molecule has 2 aromatic rings. The van der Waals surface area contributed by atoms with Gasteiger partial charge in [0, 0.05) is 38.3 Å². The van der Waals surface area contributed by atoms with Crippen LogP contribution in [0.1, 0.15) is 64.0 Å². The first-order chi connectivity index (χ1) is 15.8. The van der Waals surface area contributed by atoms with Gasteiger partial charge in [0.05, 0.1) is 0 Å². The van der Waals surface area contributed by atoms with Crippen LogP contribution in [0.25, 0.3) is 10.8 Å². The van der Waals surface area contributed by atoms with Crippen LogP contribution in [0.5, 0.6) is 11.5 Å². The Kier molecular flexibility index (Phi) is 8.79. The highest BCUT2D eigenvalue weighted by Gasteiger charge is 2.30. The average molecular weight is 467 g/mol. The first-order valence-electron chi connectivity index (χ1n) is 11.8. The smallest absolute Gasteiger partial charge is 0.338 e. The number of unbranched alkanes of at least 4 members (excludes halogenated alkanes) is 3. The number of carbonyl (C=O) groups excluding carboxylic acids is 2. The van der Waals surface area contributed by atoms with Gasteiger partial charge in [0.2, 0.25) is 0 Å². The molecule has 3 rings (SSSR count). The number of rotatable bonds is 10. The molecule has 1 atom stereocenters. The third-order valence-electron chi connectivity index (χ3n) is 5.91. The van der Waals surface area contributed by atoms with Gasteiger partial charge in [-0.15, -0.1) is 0 Å². The summed E-state index contributed by atoms with van der Waals surface area (Å²) in [4.78, 5) is 25.0. The van der Waals surface area contributed by atoms with Crippen LogP contribution < -0.4 is 9.47 Å². The highest BCUT2D eigenvalue weighted by atomic mass is 32.2. The molecule has 0 heterocycles. The van der Waals surface area contributed by atoms with Gasteiger partial charge < -0.3 is 9.47 Å². The van der Waals surface area contributed by atoms with Gasteiger partial charge in [-0.1, -0.05) is 63.6 Å². The van der Waals surface area contributed by atoms with E-state index in [4.69, 9.17) is 9.47 Å². The summed E-state index contributed by atoms with van der Waals surface area (Å²) < 4.78 is 11.7. The Morgan fingerprint density at radius 3 is 2.06 bits per heavy atom. The first kappa shape index (κ1) is 25.1. The molecule has 0 bridgehead atoms. The highest BCUT2D eigenvalue weighted by molar-refractivity contribution is 7.99. The lowest BCUT2D eigenvalue weighted by Crippen LogP contribution is -2.22. The van der Waals surface area contributed by atoms with E-state index >= 15 is 0 Å². The Bertz CT molecular complexity index is 1070. The fourth-order valence-corrected chi connectivity index (χ4v) is 5.38. The van der Waals surface area contributed by atoms with Gasteiger partial charge in [0.15, 0.2) is 0 Å². The van der Waals surface area contributed by atoms with Crippen LogP contribution in [0.2, 0.25) is 0 Å². The Balaban J connectivity index is 2.03. The van der Waals surface area contributed by atoms with E-state index in [2.05, 4.69) is 20.1 Å². The van der Waals surface area contributed by atoms with Crippen LogP contribution in [0.3, 0.4) is 0 Å². The molecule has 0 saturated carbocycles. The van der Waals surface area contributed by atoms with Crippen LogP contribution >= 0.6 is 11.8 Å². The Morgan fingerprint density at radius 2 is 1.52 bits per heavy atom. The van der Waals surface area contributed by atoms with E-state index in [1.54, 1.807) is 13.8 Å². The SMILES string of the molecule is C=C(C)C(=O)Oc1c2c(c(OC(=O)C(=C)C)c3ccccc13)CC(SCCCCCC)CC2. The molecule has 1 aliphatic rings. The van der Waals surface area contributed by atoms with Crippen molar-refractivity contribution in [3.05, 3.63) is 59.7 Å². The summed E-state index contributed by atoms with van der Waals surface area (Å²) >= 11 is 2.00. The van der Waals surface area contributed by atoms with E-state index in [-0.39, 0.29) is 0 Å². The molecule has 0 aromatic heterocycles. The van der Waals surface area contributed by atoms with E-state index in [1.807, 2.05) is 36.0 Å². The van der Waals surface area contributed by atoms with Crippen molar-refractivity contribution in [3.63, 3.8) is 0 Å². The van der Waals surface area contributed by atoms with E-state index in [0.717, 1.165) is 46.9 Å². The van der Waals surface area contributed by atoms with Crippen molar-refractivity contribution in [2.24, 2.45) is 0 Å². The zero-order valence-electron chi connectivity index (χ0n) is 20.0. The number of esters is 2. The molecule has 176 valence electrons. The summed E-state index contributed by atoms with van der Waals surface area (Å²) in [6.45, 7) is 13.0. The van der Waals surface area contributed by atoms with Crippen LogP contribution in [0, 0.1) is 0 Å². The number of hydrogen-bond acceptors (Lipinski definition) is 5.